The van der Waals surface area contributed by atoms with Gasteiger partial charge in [-0.05, 0) is 30.5 Å². The fraction of sp³-hybridized carbons (Fsp3) is 0.529. The minimum absolute atomic E-state index is 0.203. The minimum Gasteiger partial charge on any atom is -0.493 e. The molecule has 0 heterocycles. The molecule has 0 unspecified atom stereocenters. The highest BCUT2D eigenvalue weighted by Gasteiger charge is 2.41. The predicted molar refractivity (Wildman–Crippen MR) is 84.5 cm³/mol. The predicted octanol–water partition coefficient (Wildman–Crippen LogP) is 2.41. The zero-order valence-electron chi connectivity index (χ0n) is 13.8. The van der Waals surface area contributed by atoms with E-state index in [1.165, 1.54) is 0 Å². The maximum Gasteiger partial charge on any atom is 0.240 e. The number of amides is 1. The molecule has 23 heavy (non-hydrogen) atoms. The molecule has 1 aromatic carbocycles. The highest BCUT2D eigenvalue weighted by atomic mass is 16.5. The molecule has 1 fully saturated rings. The Bertz CT molecular complexity index is 591. The number of ether oxygens (including phenoxy) is 3. The summed E-state index contributed by atoms with van der Waals surface area (Å²) in [5.74, 6) is 1.37. The first-order chi connectivity index (χ1) is 11.1. The second-order valence-electron chi connectivity index (χ2n) is 5.62. The smallest absolute Gasteiger partial charge is 0.240 e. The van der Waals surface area contributed by atoms with E-state index in [0.29, 0.717) is 36.6 Å². The number of methoxy groups -OCH3 is 3. The standard InChI is InChI=1S/C17H22N2O4/c1-21-13-8-12(9-14(22-2)15(13)23-3)10-19-16(20)17(11-18)6-4-5-7-17/h8-9H,4-7,10H2,1-3H3,(H,19,20). The Morgan fingerprint density at radius 3 is 2.17 bits per heavy atom. The number of nitrogens with one attached hydrogen (secondary N) is 1. The Labute approximate surface area is 136 Å². The van der Waals surface area contributed by atoms with Crippen molar-refractivity contribution in [1.82, 2.24) is 5.32 Å². The van der Waals surface area contributed by atoms with E-state index in [9.17, 15) is 10.1 Å². The third kappa shape index (κ3) is 3.34. The number of hydrogen-bond acceptors (Lipinski definition) is 5. The average molecular weight is 318 g/mol. The van der Waals surface area contributed by atoms with Crippen molar-refractivity contribution in [2.75, 3.05) is 21.3 Å². The molecule has 0 atom stereocenters. The first-order valence-electron chi connectivity index (χ1n) is 7.58. The molecule has 6 heteroatoms. The van der Waals surface area contributed by atoms with Gasteiger partial charge in [-0.15, -0.1) is 0 Å². The third-order valence-corrected chi connectivity index (χ3v) is 4.28. The molecule has 1 saturated carbocycles. The van der Waals surface area contributed by atoms with Crippen LogP contribution in [-0.4, -0.2) is 27.2 Å². The maximum absolute atomic E-state index is 12.4. The van der Waals surface area contributed by atoms with Gasteiger partial charge in [0.25, 0.3) is 0 Å². The Morgan fingerprint density at radius 2 is 1.74 bits per heavy atom. The van der Waals surface area contributed by atoms with Crippen LogP contribution in [0.25, 0.3) is 0 Å². The Morgan fingerprint density at radius 1 is 1.17 bits per heavy atom. The molecule has 0 saturated heterocycles. The number of benzene rings is 1. The monoisotopic (exact) mass is 318 g/mol. The molecular formula is C17H22N2O4. The maximum atomic E-state index is 12.4. The molecule has 0 spiro atoms. The first kappa shape index (κ1) is 16.9. The number of rotatable bonds is 6. The van der Waals surface area contributed by atoms with E-state index in [1.54, 1.807) is 33.5 Å². The molecule has 1 aliphatic rings. The molecule has 1 N–H and O–H groups in total. The lowest BCUT2D eigenvalue weighted by atomic mass is 9.87. The van der Waals surface area contributed by atoms with Gasteiger partial charge in [0.2, 0.25) is 11.7 Å². The van der Waals surface area contributed by atoms with Gasteiger partial charge in [-0.3, -0.25) is 4.79 Å². The molecule has 0 aliphatic heterocycles. The fourth-order valence-corrected chi connectivity index (χ4v) is 2.96. The normalized spacial score (nSPS) is 15.6. The van der Waals surface area contributed by atoms with Crippen molar-refractivity contribution in [3.8, 4) is 23.3 Å². The zero-order valence-corrected chi connectivity index (χ0v) is 13.8. The Balaban J connectivity index is 2.14. The summed E-state index contributed by atoms with van der Waals surface area (Å²) < 4.78 is 15.9. The second-order valence-corrected chi connectivity index (χ2v) is 5.62. The summed E-state index contributed by atoms with van der Waals surface area (Å²) in [5, 5.41) is 12.2. The van der Waals surface area contributed by atoms with E-state index in [4.69, 9.17) is 14.2 Å². The molecule has 2 rings (SSSR count). The number of carbonyl (C=O) groups is 1. The van der Waals surface area contributed by atoms with Crippen LogP contribution in [0.5, 0.6) is 17.2 Å². The largest absolute Gasteiger partial charge is 0.493 e. The summed E-state index contributed by atoms with van der Waals surface area (Å²) in [5.41, 5.74) is -0.0559. The van der Waals surface area contributed by atoms with Crippen molar-refractivity contribution >= 4 is 5.91 Å². The van der Waals surface area contributed by atoms with E-state index in [-0.39, 0.29) is 5.91 Å². The molecule has 1 amide bonds. The van der Waals surface area contributed by atoms with Gasteiger partial charge in [0.05, 0.1) is 27.4 Å². The molecule has 6 nitrogen and oxygen atoms in total. The summed E-state index contributed by atoms with van der Waals surface area (Å²) in [6, 6.07) is 5.77. The van der Waals surface area contributed by atoms with Gasteiger partial charge in [-0.25, -0.2) is 0 Å². The van der Waals surface area contributed by atoms with Gasteiger partial charge in [-0.2, -0.15) is 5.26 Å². The lowest BCUT2D eigenvalue weighted by Crippen LogP contribution is -2.37. The van der Waals surface area contributed by atoms with Crippen molar-refractivity contribution in [2.45, 2.75) is 32.2 Å². The van der Waals surface area contributed by atoms with E-state index in [2.05, 4.69) is 11.4 Å². The lowest BCUT2D eigenvalue weighted by molar-refractivity contribution is -0.128. The number of nitriles is 1. The van der Waals surface area contributed by atoms with Crippen molar-refractivity contribution in [1.29, 1.82) is 5.26 Å². The van der Waals surface area contributed by atoms with E-state index in [0.717, 1.165) is 18.4 Å². The second kappa shape index (κ2) is 7.23. The third-order valence-electron chi connectivity index (χ3n) is 4.28. The topological polar surface area (TPSA) is 80.6 Å². The first-order valence-corrected chi connectivity index (χ1v) is 7.58. The van der Waals surface area contributed by atoms with Gasteiger partial charge in [0, 0.05) is 6.54 Å². The highest BCUT2D eigenvalue weighted by Crippen LogP contribution is 2.39. The van der Waals surface area contributed by atoms with Gasteiger partial charge >= 0.3 is 0 Å². The van der Waals surface area contributed by atoms with Gasteiger partial charge < -0.3 is 19.5 Å². The van der Waals surface area contributed by atoms with Crippen LogP contribution in [0.1, 0.15) is 31.2 Å². The number of hydrogen-bond donors (Lipinski definition) is 1. The number of nitrogens with zero attached hydrogens (tertiary/aromatic N) is 1. The van der Waals surface area contributed by atoms with Crippen LogP contribution < -0.4 is 19.5 Å². The minimum atomic E-state index is -0.874. The van der Waals surface area contributed by atoms with E-state index in [1.807, 2.05) is 0 Å². The number of carbonyl (C=O) groups excluding carboxylic acids is 1. The molecule has 1 aromatic rings. The summed E-state index contributed by atoms with van der Waals surface area (Å²) in [7, 11) is 4.63. The SMILES string of the molecule is COc1cc(CNC(=O)C2(C#N)CCCC2)cc(OC)c1OC. The van der Waals surface area contributed by atoms with Crippen LogP contribution in [0.3, 0.4) is 0 Å². The molecule has 0 bridgehead atoms. The average Bonchev–Trinajstić information content (AvgIpc) is 3.08. The molecule has 0 aromatic heterocycles. The zero-order chi connectivity index (χ0) is 16.9. The lowest BCUT2D eigenvalue weighted by Gasteiger charge is -2.20. The van der Waals surface area contributed by atoms with Crippen LogP contribution in [-0.2, 0) is 11.3 Å². The molecule has 124 valence electrons. The Kier molecular flexibility index (Phi) is 5.32. The van der Waals surface area contributed by atoms with E-state index < -0.39 is 5.41 Å². The molecular weight excluding hydrogens is 296 g/mol. The van der Waals surface area contributed by atoms with Crippen molar-refractivity contribution < 1.29 is 19.0 Å². The van der Waals surface area contributed by atoms with Crippen LogP contribution in [0.15, 0.2) is 12.1 Å². The molecule has 1 aliphatic carbocycles. The van der Waals surface area contributed by atoms with Crippen molar-refractivity contribution in [3.05, 3.63) is 17.7 Å². The van der Waals surface area contributed by atoms with Crippen LogP contribution in [0, 0.1) is 16.7 Å². The van der Waals surface area contributed by atoms with Crippen LogP contribution >= 0.6 is 0 Å². The van der Waals surface area contributed by atoms with Gasteiger partial charge in [0.1, 0.15) is 5.41 Å². The van der Waals surface area contributed by atoms with Crippen LogP contribution in [0.4, 0.5) is 0 Å². The fourth-order valence-electron chi connectivity index (χ4n) is 2.96. The van der Waals surface area contributed by atoms with Gasteiger partial charge in [0.15, 0.2) is 11.5 Å². The van der Waals surface area contributed by atoms with Crippen molar-refractivity contribution in [2.24, 2.45) is 5.41 Å². The highest BCUT2D eigenvalue weighted by molar-refractivity contribution is 5.85. The quantitative estimate of drug-likeness (QED) is 0.871. The summed E-state index contributed by atoms with van der Waals surface area (Å²) in [6.07, 6.45) is 3.10. The summed E-state index contributed by atoms with van der Waals surface area (Å²) >= 11 is 0. The van der Waals surface area contributed by atoms with E-state index >= 15 is 0 Å². The van der Waals surface area contributed by atoms with Crippen molar-refractivity contribution in [3.63, 3.8) is 0 Å². The van der Waals surface area contributed by atoms with Gasteiger partial charge in [-0.1, -0.05) is 12.8 Å². The summed E-state index contributed by atoms with van der Waals surface area (Å²) in [4.78, 5) is 12.4. The van der Waals surface area contributed by atoms with Crippen LogP contribution in [0.2, 0.25) is 0 Å². The Hall–Kier alpha value is -2.42. The summed E-state index contributed by atoms with van der Waals surface area (Å²) in [6.45, 7) is 0.305. The molecule has 0 radical (unpaired) electrons.